The van der Waals surface area contributed by atoms with Gasteiger partial charge in [-0.05, 0) is 83.9 Å². The maximum Gasteiger partial charge on any atom is 0.343 e. The summed E-state index contributed by atoms with van der Waals surface area (Å²) in [7, 11) is -9.49. The van der Waals surface area contributed by atoms with Crippen molar-refractivity contribution < 1.29 is 85.0 Å². The van der Waals surface area contributed by atoms with Crippen molar-refractivity contribution in [3.63, 3.8) is 0 Å². The van der Waals surface area contributed by atoms with Crippen LogP contribution in [0.25, 0.3) is 0 Å². The highest BCUT2D eigenvalue weighted by Crippen LogP contribution is 2.20. The summed E-state index contributed by atoms with van der Waals surface area (Å²) in [6, 6.07) is 18.6. The van der Waals surface area contributed by atoms with Crippen LogP contribution in [0.2, 0.25) is 0 Å². The van der Waals surface area contributed by atoms with Crippen LogP contribution in [0.3, 0.4) is 0 Å². The van der Waals surface area contributed by atoms with Crippen LogP contribution in [0.5, 0.6) is 11.5 Å². The summed E-state index contributed by atoms with van der Waals surface area (Å²) in [6.07, 6.45) is -2.26. The minimum Gasteiger partial charge on any atom is -0.481 e. The van der Waals surface area contributed by atoms with Gasteiger partial charge in [0.15, 0.2) is 11.9 Å². The van der Waals surface area contributed by atoms with Crippen molar-refractivity contribution in [3.8, 4) is 11.5 Å². The molecule has 2 atom stereocenters. The molecule has 30 heteroatoms. The number of aliphatic imine (C=N–C) groups is 2. The van der Waals surface area contributed by atoms with E-state index in [-0.39, 0.29) is 47.8 Å². The zero-order valence-electron chi connectivity index (χ0n) is 38.9. The van der Waals surface area contributed by atoms with Gasteiger partial charge in [-0.15, -0.1) is 0 Å². The zero-order chi connectivity index (χ0) is 54.6. The number of nitrogens with one attached hydrogen (secondary N) is 2. The third-order valence-electron chi connectivity index (χ3n) is 9.81. The molecule has 0 fully saturated rings. The van der Waals surface area contributed by atoms with E-state index in [4.69, 9.17) is 41.9 Å². The summed E-state index contributed by atoms with van der Waals surface area (Å²) in [6.45, 7) is -3.85. The number of hydrogen-bond donors (Lipinski definition) is 10. The summed E-state index contributed by atoms with van der Waals surface area (Å²) in [5.41, 5.74) is 23.2. The first-order valence-electron chi connectivity index (χ1n) is 21.5. The average molecular weight is 1070 g/mol. The Labute approximate surface area is 422 Å². The Morgan fingerprint density at radius 2 is 0.824 bits per heavy atom. The molecular weight excluding hydrogens is 1020 g/mol. The molecule has 0 aromatic heterocycles. The predicted molar refractivity (Wildman–Crippen MR) is 261 cm³/mol. The average Bonchev–Trinajstić information content (AvgIpc) is 3.32. The number of esters is 2. The number of carbonyl (C=O) groups excluding carboxylic acids is 2. The summed E-state index contributed by atoms with van der Waals surface area (Å²) in [5.74, 6) is -8.42. The van der Waals surface area contributed by atoms with Gasteiger partial charge in [-0.25, -0.2) is 19.6 Å². The van der Waals surface area contributed by atoms with Crippen LogP contribution < -0.4 is 41.9 Å². The highest BCUT2D eigenvalue weighted by atomic mass is 32.2. The molecule has 0 saturated carbocycles. The minimum absolute atomic E-state index is 0.0950. The predicted octanol–water partition coefficient (Wildman–Crippen LogP) is -0.203. The standard InChI is InChI=1S/C44H52N10O18S2/c45-43(46)51-31-9-5-29(6-10-31)41(63)71-33-13-1-27(2-14-33)25-49-73(65,66)53(35(39(59)60)23-37(55)56)17-19-69-21-22-70-20-18-54(36(40(61)62)24-38(57)58)74(67,68)50-26-28-3-15-34(16-4-28)72-42(64)30-7-11-32(12-8-30)52-44(47)48/h1-16,35-36,49-50H,17-26H2,(H,55,56)(H,57,58)(H,59,60)(H,61,62)(H4,45,46,51)(H4,47,48,52). The van der Waals surface area contributed by atoms with Crippen LogP contribution >= 0.6 is 0 Å². The van der Waals surface area contributed by atoms with Crippen LogP contribution in [0.15, 0.2) is 107 Å². The Bertz CT molecular complexity index is 2690. The Kier molecular flexibility index (Phi) is 21.8. The molecule has 2 unspecified atom stereocenters. The minimum atomic E-state index is -4.74. The fraction of sp³-hybridized carbons (Fsp3) is 0.273. The molecule has 4 aromatic carbocycles. The number of rotatable bonds is 31. The Hall–Kier alpha value is -8.10. The number of nitrogens with two attached hydrogens (primary N) is 4. The first kappa shape index (κ1) is 58.5. The molecule has 4 aromatic rings. The van der Waals surface area contributed by atoms with Crippen molar-refractivity contribution in [1.29, 1.82) is 0 Å². The fourth-order valence-corrected chi connectivity index (χ4v) is 8.97. The van der Waals surface area contributed by atoms with Gasteiger partial charge < -0.3 is 62.3 Å². The molecule has 398 valence electrons. The molecule has 0 aliphatic carbocycles. The Morgan fingerprint density at radius 1 is 0.500 bits per heavy atom. The van der Waals surface area contributed by atoms with Crippen LogP contribution in [-0.4, -0.2) is 145 Å². The van der Waals surface area contributed by atoms with E-state index in [2.05, 4.69) is 19.4 Å². The molecule has 0 saturated heterocycles. The first-order chi connectivity index (χ1) is 34.9. The van der Waals surface area contributed by atoms with Crippen molar-refractivity contribution in [3.05, 3.63) is 119 Å². The second kappa shape index (κ2) is 27.6. The summed E-state index contributed by atoms with van der Waals surface area (Å²) in [4.78, 5) is 80.3. The smallest absolute Gasteiger partial charge is 0.343 e. The van der Waals surface area contributed by atoms with Gasteiger partial charge in [0.2, 0.25) is 0 Å². The van der Waals surface area contributed by atoms with Crippen molar-refractivity contribution >= 4 is 79.5 Å². The van der Waals surface area contributed by atoms with Crippen molar-refractivity contribution in [2.75, 3.05) is 39.5 Å². The molecule has 0 bridgehead atoms. The highest BCUT2D eigenvalue weighted by Gasteiger charge is 2.38. The van der Waals surface area contributed by atoms with Crippen molar-refractivity contribution in [1.82, 2.24) is 18.1 Å². The number of ether oxygens (including phenoxy) is 4. The summed E-state index contributed by atoms with van der Waals surface area (Å²) in [5, 5.41) is 38.4. The van der Waals surface area contributed by atoms with Gasteiger partial charge in [-0.1, -0.05) is 24.3 Å². The molecule has 0 amide bonds. The molecule has 0 aliphatic heterocycles. The van der Waals surface area contributed by atoms with Crippen molar-refractivity contribution in [2.45, 2.75) is 38.0 Å². The van der Waals surface area contributed by atoms with Gasteiger partial charge in [0.05, 0.1) is 61.8 Å². The first-order valence-corrected chi connectivity index (χ1v) is 24.4. The van der Waals surface area contributed by atoms with E-state index in [0.717, 1.165) is 0 Å². The molecule has 28 nitrogen and oxygen atoms in total. The molecule has 74 heavy (non-hydrogen) atoms. The van der Waals surface area contributed by atoms with Crippen LogP contribution in [-0.2, 0) is 62.2 Å². The monoisotopic (exact) mass is 1070 g/mol. The number of hydrogen-bond acceptors (Lipinski definition) is 16. The Morgan fingerprint density at radius 3 is 1.11 bits per heavy atom. The van der Waals surface area contributed by atoms with Crippen LogP contribution in [0.4, 0.5) is 11.4 Å². The molecule has 4 rings (SSSR count). The van der Waals surface area contributed by atoms with E-state index in [9.17, 15) is 66.0 Å². The molecule has 0 aliphatic rings. The number of benzene rings is 4. The SMILES string of the molecule is NC(N)=Nc1ccc(C(=O)Oc2ccc(CNS(=O)(=O)N(CCOCCOCCN(C(CC(=O)O)C(=O)O)S(=O)(=O)NCc3ccc(OC(=O)c4ccc(N=C(N)N)cc4)cc3)C(CC(=O)O)C(=O)O)cc2)cc1. The largest absolute Gasteiger partial charge is 0.481 e. The second-order valence-corrected chi connectivity index (χ2v) is 18.7. The quantitative estimate of drug-likeness (QED) is 0.0103. The Balaban J connectivity index is 1.30. The van der Waals surface area contributed by atoms with E-state index in [1.54, 1.807) is 0 Å². The number of aliphatic carboxylic acids is 4. The topological polar surface area (TPSA) is 448 Å². The van der Waals surface area contributed by atoms with E-state index >= 15 is 0 Å². The molecule has 0 spiro atoms. The molecular formula is C44H52N10O18S2. The number of carbonyl (C=O) groups is 6. The number of guanidine groups is 2. The molecule has 0 heterocycles. The van der Waals surface area contributed by atoms with Gasteiger partial charge in [-0.2, -0.15) is 34.9 Å². The van der Waals surface area contributed by atoms with Gasteiger partial charge in [0, 0.05) is 26.2 Å². The summed E-state index contributed by atoms with van der Waals surface area (Å²) >= 11 is 0. The lowest BCUT2D eigenvalue weighted by Crippen LogP contribution is -2.52. The number of carboxylic acids is 4. The summed E-state index contributed by atoms with van der Waals surface area (Å²) < 4.78 is 80.6. The third-order valence-corrected chi connectivity index (χ3v) is 12.9. The third kappa shape index (κ3) is 19.1. The van der Waals surface area contributed by atoms with Crippen LogP contribution in [0, 0.1) is 0 Å². The lowest BCUT2D eigenvalue weighted by molar-refractivity contribution is -0.148. The fourth-order valence-electron chi connectivity index (χ4n) is 6.31. The van der Waals surface area contributed by atoms with Crippen molar-refractivity contribution in [2.24, 2.45) is 32.9 Å². The number of nitrogens with zero attached hydrogens (tertiary/aromatic N) is 4. The lowest BCUT2D eigenvalue weighted by atomic mass is 10.2. The zero-order valence-corrected chi connectivity index (χ0v) is 40.5. The van der Waals surface area contributed by atoms with E-state index in [1.165, 1.54) is 97.1 Å². The van der Waals surface area contributed by atoms with Gasteiger partial charge in [0.1, 0.15) is 23.6 Å². The second-order valence-electron chi connectivity index (χ2n) is 15.2. The molecule has 14 N–H and O–H groups in total. The van der Waals surface area contributed by atoms with Gasteiger partial charge in [-0.3, -0.25) is 19.2 Å². The number of carboxylic acid groups (broad SMARTS) is 4. The van der Waals surface area contributed by atoms with E-state index in [1.807, 2.05) is 0 Å². The maximum absolute atomic E-state index is 13.5. The lowest BCUT2D eigenvalue weighted by Gasteiger charge is -2.27. The van der Waals surface area contributed by atoms with E-state index < -0.39 is 121 Å². The van der Waals surface area contributed by atoms with Gasteiger partial charge >= 0.3 is 35.8 Å². The van der Waals surface area contributed by atoms with E-state index in [0.29, 0.717) is 31.1 Å². The highest BCUT2D eigenvalue weighted by molar-refractivity contribution is 7.87. The maximum atomic E-state index is 13.5. The molecule has 0 radical (unpaired) electrons. The van der Waals surface area contributed by atoms with Crippen LogP contribution in [0.1, 0.15) is 44.7 Å². The normalized spacial score (nSPS) is 12.3. The van der Waals surface area contributed by atoms with Gasteiger partial charge in [0.25, 0.3) is 20.4 Å².